The van der Waals surface area contributed by atoms with E-state index in [1.807, 2.05) is 65.8 Å². The highest BCUT2D eigenvalue weighted by atomic mass is 31.1. The molecule has 0 spiro atoms. The molecular formula is C25H31O3P. The molecule has 4 heteroatoms. The molecule has 0 aliphatic carbocycles. The highest BCUT2D eigenvalue weighted by Gasteiger charge is 2.23. The van der Waals surface area contributed by atoms with E-state index in [0.717, 1.165) is 38.9 Å². The van der Waals surface area contributed by atoms with Crippen LogP contribution in [-0.4, -0.2) is 17.2 Å². The quantitative estimate of drug-likeness (QED) is 0.259. The molecule has 0 radical (unpaired) electrons. The predicted octanol–water partition coefficient (Wildman–Crippen LogP) is 6.82. The van der Waals surface area contributed by atoms with Crippen molar-refractivity contribution in [2.24, 2.45) is 0 Å². The van der Waals surface area contributed by atoms with E-state index in [4.69, 9.17) is 0 Å². The molecule has 0 heterocycles. The van der Waals surface area contributed by atoms with Crippen LogP contribution in [0.2, 0.25) is 0 Å². The number of benzene rings is 2. The maximum absolute atomic E-state index is 12.9. The summed E-state index contributed by atoms with van der Waals surface area (Å²) >= 11 is 0. The van der Waals surface area contributed by atoms with Crippen molar-refractivity contribution in [3.63, 3.8) is 0 Å². The number of aryl methyl sites for hydroxylation is 6. The summed E-state index contributed by atoms with van der Waals surface area (Å²) < 4.78 is 11.7. The molecule has 0 bridgehead atoms. The van der Waals surface area contributed by atoms with Crippen LogP contribution in [-0.2, 0) is 4.57 Å². The van der Waals surface area contributed by atoms with Gasteiger partial charge in [0.15, 0.2) is 20.0 Å². The molecule has 154 valence electrons. The van der Waals surface area contributed by atoms with Gasteiger partial charge in [-0.3, -0.25) is 14.2 Å². The Balaban J connectivity index is 1.98. The zero-order chi connectivity index (χ0) is 21.7. The van der Waals surface area contributed by atoms with Crippen LogP contribution in [0.3, 0.4) is 0 Å². The summed E-state index contributed by atoms with van der Waals surface area (Å²) in [7, 11) is -0.147. The molecule has 2 aromatic rings. The van der Waals surface area contributed by atoms with Gasteiger partial charge < -0.3 is 0 Å². The minimum atomic E-state index is -0.548. The van der Waals surface area contributed by atoms with E-state index in [1.165, 1.54) is 0 Å². The third-order valence-corrected chi connectivity index (χ3v) is 6.19. The second-order valence-electron chi connectivity index (χ2n) is 8.20. The van der Waals surface area contributed by atoms with Crippen molar-refractivity contribution < 1.29 is 14.2 Å². The van der Waals surface area contributed by atoms with Crippen LogP contribution >= 0.6 is 8.46 Å². The summed E-state index contributed by atoms with van der Waals surface area (Å²) in [5, 5.41) is 0. The minimum absolute atomic E-state index is 0.0618. The van der Waals surface area contributed by atoms with E-state index in [1.54, 1.807) is 0 Å². The molecule has 0 saturated heterocycles. The Morgan fingerprint density at radius 1 is 0.759 bits per heavy atom. The number of hydrogen-bond acceptors (Lipinski definition) is 3. The lowest BCUT2D eigenvalue weighted by molar-refractivity contribution is 0.0978. The molecule has 3 nitrogen and oxygen atoms in total. The molecule has 2 rings (SSSR count). The lowest BCUT2D eigenvalue weighted by Gasteiger charge is -2.14. The van der Waals surface area contributed by atoms with Gasteiger partial charge in [-0.1, -0.05) is 41.8 Å². The molecule has 0 aliphatic heterocycles. The van der Waals surface area contributed by atoms with Crippen molar-refractivity contribution in [3.05, 3.63) is 68.8 Å². The number of rotatable bonds is 9. The molecular weight excluding hydrogens is 379 g/mol. The largest absolute Gasteiger partial charge is 0.294 e. The number of Topliss-reactive ketones (excluding diaryl/α,β-unsaturated/α-hetero) is 2. The van der Waals surface area contributed by atoms with Crippen LogP contribution in [0.4, 0.5) is 0 Å². The molecule has 2 aromatic carbocycles. The second-order valence-corrected chi connectivity index (χ2v) is 9.04. The van der Waals surface area contributed by atoms with Crippen molar-refractivity contribution >= 4 is 20.0 Å². The summed E-state index contributed by atoms with van der Waals surface area (Å²) in [5.74, 6) is 0.0843. The number of carbonyl (C=O) groups is 2. The van der Waals surface area contributed by atoms with Gasteiger partial charge >= 0.3 is 0 Å². The minimum Gasteiger partial charge on any atom is -0.294 e. The van der Waals surface area contributed by atoms with Crippen LogP contribution < -0.4 is 0 Å². The zero-order valence-corrected chi connectivity index (χ0v) is 19.3. The van der Waals surface area contributed by atoms with Crippen molar-refractivity contribution in [1.29, 1.82) is 0 Å². The first-order valence-corrected chi connectivity index (χ1v) is 11.1. The topological polar surface area (TPSA) is 51.2 Å². The average Bonchev–Trinajstić information content (AvgIpc) is 2.59. The van der Waals surface area contributed by atoms with Gasteiger partial charge in [-0.05, 0) is 76.6 Å². The fourth-order valence-corrected chi connectivity index (χ4v) is 4.85. The van der Waals surface area contributed by atoms with Crippen LogP contribution in [0.1, 0.15) is 79.8 Å². The Labute approximate surface area is 176 Å². The van der Waals surface area contributed by atoms with Crippen molar-refractivity contribution in [2.75, 3.05) is 0 Å². The maximum Gasteiger partial charge on any atom is 0.177 e. The molecule has 0 aromatic heterocycles. The summed E-state index contributed by atoms with van der Waals surface area (Å²) in [4.78, 5) is 25.6. The monoisotopic (exact) mass is 410 g/mol. The van der Waals surface area contributed by atoms with E-state index >= 15 is 0 Å². The first-order chi connectivity index (χ1) is 13.6. The van der Waals surface area contributed by atoms with Gasteiger partial charge in [-0.15, -0.1) is 0 Å². The Hall–Kier alpha value is -2.12. The van der Waals surface area contributed by atoms with Crippen LogP contribution in [0.25, 0.3) is 0 Å². The third-order valence-electron chi connectivity index (χ3n) is 5.44. The Morgan fingerprint density at radius 3 is 1.66 bits per heavy atom. The number of unbranched alkanes of at least 4 members (excludes halogenated alkanes) is 1. The third kappa shape index (κ3) is 5.70. The molecule has 0 saturated carbocycles. The van der Waals surface area contributed by atoms with Gasteiger partial charge in [-0.25, -0.2) is 0 Å². The number of ketones is 2. The highest BCUT2D eigenvalue weighted by molar-refractivity contribution is 7.26. The molecule has 1 unspecified atom stereocenters. The molecule has 0 amide bonds. The smallest absolute Gasteiger partial charge is 0.177 e. The highest BCUT2D eigenvalue weighted by Crippen LogP contribution is 2.26. The van der Waals surface area contributed by atoms with E-state index in [0.29, 0.717) is 31.2 Å². The van der Waals surface area contributed by atoms with E-state index < -0.39 is 5.66 Å². The number of carbonyl (C=O) groups excluding carboxylic acids is 2. The van der Waals surface area contributed by atoms with Crippen molar-refractivity contribution in [1.82, 2.24) is 0 Å². The fraction of sp³-hybridized carbons (Fsp3) is 0.440. The first kappa shape index (κ1) is 23.2. The Kier molecular flexibility index (Phi) is 8.05. The summed E-state index contributed by atoms with van der Waals surface area (Å²) in [6, 6.07) is 8.06. The van der Waals surface area contributed by atoms with Crippen LogP contribution in [0, 0.1) is 41.5 Å². The second kappa shape index (κ2) is 10.1. The van der Waals surface area contributed by atoms with E-state index in [9.17, 15) is 14.2 Å². The standard InChI is InChI=1S/C25H31O3P/c1-15-11-17(3)23(18(4)12-15)21(26)9-7-8-10-22(29-28)25(27)24-19(5)13-16(2)14-20(24)6/h11-14,22H,7-10H2,1-6H3. The maximum atomic E-state index is 12.9. The normalized spacial score (nSPS) is 12.2. The SMILES string of the molecule is Cc1cc(C)c(C(=O)CCCCC(P=O)C(=O)c2c(C)cc(C)cc2C)c(C)c1. The van der Waals surface area contributed by atoms with Gasteiger partial charge in [0.2, 0.25) is 0 Å². The molecule has 0 N–H and O–H groups in total. The van der Waals surface area contributed by atoms with Gasteiger partial charge in [0.25, 0.3) is 0 Å². The molecule has 29 heavy (non-hydrogen) atoms. The Bertz CT molecular complexity index is 897. The van der Waals surface area contributed by atoms with Crippen LogP contribution in [0.15, 0.2) is 24.3 Å². The van der Waals surface area contributed by atoms with Gasteiger partial charge in [-0.2, -0.15) is 0 Å². The predicted molar refractivity (Wildman–Crippen MR) is 120 cm³/mol. The Morgan fingerprint density at radius 2 is 1.21 bits per heavy atom. The molecule has 0 fully saturated rings. The fourth-order valence-electron chi connectivity index (χ4n) is 4.34. The molecule has 1 atom stereocenters. The van der Waals surface area contributed by atoms with Gasteiger partial charge in [0, 0.05) is 17.5 Å². The first-order valence-electron chi connectivity index (χ1n) is 10.2. The van der Waals surface area contributed by atoms with Crippen molar-refractivity contribution in [3.8, 4) is 0 Å². The summed E-state index contributed by atoms with van der Waals surface area (Å²) in [5.41, 5.74) is 7.13. The lowest BCUT2D eigenvalue weighted by Crippen LogP contribution is -2.18. The van der Waals surface area contributed by atoms with E-state index in [2.05, 4.69) is 0 Å². The lowest BCUT2D eigenvalue weighted by atomic mass is 9.92. The summed E-state index contributed by atoms with van der Waals surface area (Å²) in [6.45, 7) is 11.8. The average molecular weight is 410 g/mol. The van der Waals surface area contributed by atoms with Gasteiger partial charge in [0.05, 0.1) is 0 Å². The number of hydrogen-bond donors (Lipinski definition) is 0. The van der Waals surface area contributed by atoms with Crippen molar-refractivity contribution in [2.45, 2.75) is 72.9 Å². The van der Waals surface area contributed by atoms with Crippen LogP contribution in [0.5, 0.6) is 0 Å². The zero-order valence-electron chi connectivity index (χ0n) is 18.4. The summed E-state index contributed by atoms with van der Waals surface area (Å²) in [6.07, 6.45) is 2.36. The van der Waals surface area contributed by atoms with Gasteiger partial charge in [0.1, 0.15) is 5.66 Å². The van der Waals surface area contributed by atoms with E-state index in [-0.39, 0.29) is 20.0 Å². The molecule has 0 aliphatic rings.